The van der Waals surface area contributed by atoms with Crippen molar-refractivity contribution in [3.8, 4) is 12.3 Å². The number of carboxylic acid groups (broad SMARTS) is 1. The summed E-state index contributed by atoms with van der Waals surface area (Å²) >= 11 is 1.03. The van der Waals surface area contributed by atoms with Crippen LogP contribution >= 0.6 is 11.3 Å². The number of thiophene rings is 1. The zero-order valence-electron chi connectivity index (χ0n) is 11.2. The molecule has 0 saturated carbocycles. The van der Waals surface area contributed by atoms with Crippen LogP contribution in [0, 0.1) is 12.3 Å². The molecule has 0 radical (unpaired) electrons. The van der Waals surface area contributed by atoms with Crippen molar-refractivity contribution in [3.05, 3.63) is 17.5 Å². The van der Waals surface area contributed by atoms with Crippen LogP contribution in [-0.2, 0) is 19.6 Å². The lowest BCUT2D eigenvalue weighted by Crippen LogP contribution is -2.43. The van der Waals surface area contributed by atoms with Crippen LogP contribution in [0.4, 0.5) is 0 Å². The lowest BCUT2D eigenvalue weighted by molar-refractivity contribution is -0.143. The predicted molar refractivity (Wildman–Crippen MR) is 77.2 cm³/mol. The molecule has 1 rings (SSSR count). The van der Waals surface area contributed by atoms with Crippen LogP contribution in [0.3, 0.4) is 0 Å². The summed E-state index contributed by atoms with van der Waals surface area (Å²) in [5.74, 6) is 0.281. The Hall–Kier alpha value is -1.89. The van der Waals surface area contributed by atoms with Gasteiger partial charge in [0.2, 0.25) is 5.91 Å². The number of carboxylic acids is 1. The number of terminal acetylenes is 1. The maximum atomic E-state index is 12.1. The maximum Gasteiger partial charge on any atom is 0.323 e. The number of nitrogens with zero attached hydrogens (tertiary/aromatic N) is 2. The van der Waals surface area contributed by atoms with Crippen molar-refractivity contribution in [2.45, 2.75) is 4.21 Å². The topological polar surface area (TPSA) is 95.0 Å². The van der Waals surface area contributed by atoms with Crippen molar-refractivity contribution in [1.82, 2.24) is 9.21 Å². The predicted octanol–water partition coefficient (Wildman–Crippen LogP) is -0.0850. The molecule has 0 atom stereocenters. The van der Waals surface area contributed by atoms with Crippen LogP contribution in [0.1, 0.15) is 0 Å². The molecular weight excluding hydrogens is 316 g/mol. The molecular formula is C12H14N2O5S2. The molecule has 21 heavy (non-hydrogen) atoms. The molecule has 1 amide bonds. The first-order chi connectivity index (χ1) is 9.78. The number of aliphatic carboxylic acids is 1. The molecule has 114 valence electrons. The van der Waals surface area contributed by atoms with Gasteiger partial charge in [-0.15, -0.1) is 17.8 Å². The van der Waals surface area contributed by atoms with E-state index in [0.29, 0.717) is 0 Å². The van der Waals surface area contributed by atoms with Crippen molar-refractivity contribution in [2.75, 3.05) is 26.7 Å². The highest BCUT2D eigenvalue weighted by Gasteiger charge is 2.26. The molecule has 0 spiro atoms. The van der Waals surface area contributed by atoms with Gasteiger partial charge < -0.3 is 10.0 Å². The lowest BCUT2D eigenvalue weighted by Gasteiger charge is -2.21. The van der Waals surface area contributed by atoms with Gasteiger partial charge in [0.25, 0.3) is 10.0 Å². The van der Waals surface area contributed by atoms with E-state index in [1.54, 1.807) is 11.4 Å². The summed E-state index contributed by atoms with van der Waals surface area (Å²) in [6.07, 6.45) is 5.07. The summed E-state index contributed by atoms with van der Waals surface area (Å²) in [6, 6.07) is 3.01. The molecule has 0 aliphatic heterocycles. The van der Waals surface area contributed by atoms with E-state index in [-0.39, 0.29) is 10.8 Å². The standard InChI is InChI=1S/C12H14N2O5S2/c1-3-6-14(9-11(16)17)10(15)8-13(2)21(18,19)12-5-4-7-20-12/h1,4-5,7H,6,8-9H2,2H3,(H,16,17). The second-order valence-electron chi connectivity index (χ2n) is 4.04. The molecule has 0 fully saturated rings. The molecule has 0 aromatic carbocycles. The average molecular weight is 330 g/mol. The van der Waals surface area contributed by atoms with Gasteiger partial charge in [0, 0.05) is 7.05 Å². The Balaban J connectivity index is 2.81. The van der Waals surface area contributed by atoms with Gasteiger partial charge in [-0.1, -0.05) is 12.0 Å². The highest BCUT2D eigenvalue weighted by atomic mass is 32.2. The zero-order valence-corrected chi connectivity index (χ0v) is 12.9. The van der Waals surface area contributed by atoms with Crippen molar-refractivity contribution < 1.29 is 23.1 Å². The van der Waals surface area contributed by atoms with Crippen LogP contribution in [0.2, 0.25) is 0 Å². The molecule has 7 nitrogen and oxygen atoms in total. The fourth-order valence-electron chi connectivity index (χ4n) is 1.45. The summed E-state index contributed by atoms with van der Waals surface area (Å²) in [7, 11) is -2.51. The number of amides is 1. The normalized spacial score (nSPS) is 11.1. The second-order valence-corrected chi connectivity index (χ2v) is 7.26. The Morgan fingerprint density at radius 2 is 2.10 bits per heavy atom. The lowest BCUT2D eigenvalue weighted by atomic mass is 10.4. The number of likely N-dealkylation sites (N-methyl/N-ethyl adjacent to an activating group) is 1. The van der Waals surface area contributed by atoms with Crippen LogP contribution in [0.5, 0.6) is 0 Å². The van der Waals surface area contributed by atoms with Crippen molar-refractivity contribution in [1.29, 1.82) is 0 Å². The minimum atomic E-state index is -3.76. The van der Waals surface area contributed by atoms with E-state index in [2.05, 4.69) is 5.92 Å². The highest BCUT2D eigenvalue weighted by molar-refractivity contribution is 7.91. The summed E-state index contributed by atoms with van der Waals surface area (Å²) < 4.78 is 25.3. The van der Waals surface area contributed by atoms with Crippen molar-refractivity contribution in [3.63, 3.8) is 0 Å². The SMILES string of the molecule is C#CCN(CC(=O)O)C(=O)CN(C)S(=O)(=O)c1cccs1. The smallest absolute Gasteiger partial charge is 0.323 e. The number of sulfonamides is 1. The number of carbonyl (C=O) groups excluding carboxylic acids is 1. The van der Waals surface area contributed by atoms with E-state index in [0.717, 1.165) is 20.5 Å². The maximum absolute atomic E-state index is 12.1. The molecule has 1 aromatic heterocycles. The van der Waals surface area contributed by atoms with E-state index >= 15 is 0 Å². The molecule has 1 N–H and O–H groups in total. The van der Waals surface area contributed by atoms with Crippen LogP contribution in [0.25, 0.3) is 0 Å². The first-order valence-electron chi connectivity index (χ1n) is 5.72. The summed E-state index contributed by atoms with van der Waals surface area (Å²) in [5, 5.41) is 10.3. The third-order valence-electron chi connectivity index (χ3n) is 2.48. The van der Waals surface area contributed by atoms with Crippen molar-refractivity contribution in [2.24, 2.45) is 0 Å². The van der Waals surface area contributed by atoms with Gasteiger partial charge in [-0.25, -0.2) is 8.42 Å². The van der Waals surface area contributed by atoms with Crippen LogP contribution < -0.4 is 0 Å². The zero-order chi connectivity index (χ0) is 16.0. The Morgan fingerprint density at radius 1 is 1.43 bits per heavy atom. The molecule has 0 aliphatic rings. The number of hydrogen-bond donors (Lipinski definition) is 1. The summed E-state index contributed by atoms with van der Waals surface area (Å²) in [4.78, 5) is 23.5. The molecule has 0 saturated heterocycles. The Morgan fingerprint density at radius 3 is 2.57 bits per heavy atom. The van der Waals surface area contributed by atoms with Gasteiger partial charge in [-0.2, -0.15) is 4.31 Å². The summed E-state index contributed by atoms with van der Waals surface area (Å²) in [6.45, 7) is -1.25. The number of carbonyl (C=O) groups is 2. The first-order valence-corrected chi connectivity index (χ1v) is 8.04. The van der Waals surface area contributed by atoms with E-state index in [1.165, 1.54) is 13.1 Å². The Kier molecular flexibility index (Phi) is 5.90. The number of rotatable bonds is 7. The fraction of sp³-hybridized carbons (Fsp3) is 0.333. The molecule has 0 unspecified atom stereocenters. The molecule has 0 bridgehead atoms. The quantitative estimate of drug-likeness (QED) is 0.705. The highest BCUT2D eigenvalue weighted by Crippen LogP contribution is 2.19. The molecule has 1 heterocycles. The second kappa shape index (κ2) is 7.21. The largest absolute Gasteiger partial charge is 0.480 e. The molecule has 0 aliphatic carbocycles. The minimum Gasteiger partial charge on any atom is -0.480 e. The van der Waals surface area contributed by atoms with E-state index in [9.17, 15) is 18.0 Å². The van der Waals surface area contributed by atoms with E-state index in [4.69, 9.17) is 11.5 Å². The van der Waals surface area contributed by atoms with Crippen LogP contribution in [0.15, 0.2) is 21.7 Å². The van der Waals surface area contributed by atoms with Gasteiger partial charge >= 0.3 is 5.97 Å². The van der Waals surface area contributed by atoms with E-state index in [1.807, 2.05) is 0 Å². The minimum absolute atomic E-state index is 0.111. The third-order valence-corrected chi connectivity index (χ3v) is 5.65. The fourth-order valence-corrected chi connectivity index (χ4v) is 3.77. The van der Waals surface area contributed by atoms with Gasteiger partial charge in [-0.05, 0) is 11.4 Å². The third kappa shape index (κ3) is 4.56. The van der Waals surface area contributed by atoms with Gasteiger partial charge in [0.05, 0.1) is 13.1 Å². The van der Waals surface area contributed by atoms with Gasteiger partial charge in [0.15, 0.2) is 0 Å². The number of hydrogen-bond acceptors (Lipinski definition) is 5. The monoisotopic (exact) mass is 330 g/mol. The van der Waals surface area contributed by atoms with Gasteiger partial charge in [-0.3, -0.25) is 9.59 Å². The van der Waals surface area contributed by atoms with Gasteiger partial charge in [0.1, 0.15) is 10.8 Å². The average Bonchev–Trinajstić information content (AvgIpc) is 2.92. The Bertz CT molecular complexity index is 646. The van der Waals surface area contributed by atoms with E-state index < -0.39 is 35.0 Å². The van der Waals surface area contributed by atoms with Crippen molar-refractivity contribution >= 4 is 33.2 Å². The Labute approximate surface area is 126 Å². The molecule has 1 aromatic rings. The van der Waals surface area contributed by atoms with Crippen LogP contribution in [-0.4, -0.2) is 61.3 Å². The first kappa shape index (κ1) is 17.2. The molecule has 9 heteroatoms. The summed E-state index contributed by atoms with van der Waals surface area (Å²) in [5.41, 5.74) is 0.